The summed E-state index contributed by atoms with van der Waals surface area (Å²) in [5.41, 5.74) is 2.86. The largest absolute Gasteiger partial charge is 0.495 e. The molecule has 0 aliphatic rings. The Bertz CT molecular complexity index is 677. The molecule has 0 saturated carbocycles. The molecule has 3 nitrogen and oxygen atoms in total. The third kappa shape index (κ3) is 4.43. The molecular formula is C15H14Br2N2OS. The van der Waals surface area contributed by atoms with Gasteiger partial charge in [0.15, 0.2) is 5.11 Å². The zero-order valence-corrected chi connectivity index (χ0v) is 15.5. The topological polar surface area (TPSA) is 33.3 Å². The fourth-order valence-electron chi connectivity index (χ4n) is 1.79. The van der Waals surface area contributed by atoms with Crippen LogP contribution in [0.5, 0.6) is 5.75 Å². The summed E-state index contributed by atoms with van der Waals surface area (Å²) in [5, 5.41) is 6.81. The van der Waals surface area contributed by atoms with Crippen LogP contribution >= 0.6 is 44.1 Å². The van der Waals surface area contributed by atoms with Crippen LogP contribution in [0.15, 0.2) is 45.3 Å². The van der Waals surface area contributed by atoms with Gasteiger partial charge in [-0.05, 0) is 71.0 Å². The Labute approximate surface area is 146 Å². The average Bonchev–Trinajstić information content (AvgIpc) is 2.42. The SMILES string of the molecule is COc1ccc(C)cc1NC(=S)Nc1ccc(Br)cc1Br. The molecule has 6 heteroatoms. The molecule has 2 aromatic carbocycles. The minimum atomic E-state index is 0.502. The lowest BCUT2D eigenvalue weighted by Gasteiger charge is -2.15. The van der Waals surface area contributed by atoms with E-state index in [-0.39, 0.29) is 0 Å². The van der Waals surface area contributed by atoms with Crippen LogP contribution in [0.4, 0.5) is 11.4 Å². The molecule has 2 N–H and O–H groups in total. The number of ether oxygens (including phenoxy) is 1. The van der Waals surface area contributed by atoms with E-state index in [0.29, 0.717) is 5.11 Å². The number of methoxy groups -OCH3 is 1. The molecule has 110 valence electrons. The smallest absolute Gasteiger partial charge is 0.175 e. The number of benzene rings is 2. The van der Waals surface area contributed by atoms with E-state index in [4.69, 9.17) is 17.0 Å². The number of nitrogens with one attached hydrogen (secondary N) is 2. The molecule has 0 aliphatic heterocycles. The molecule has 0 unspecified atom stereocenters. The number of aryl methyl sites for hydroxylation is 1. The summed E-state index contributed by atoms with van der Waals surface area (Å²) in [6.45, 7) is 2.02. The number of anilines is 2. The van der Waals surface area contributed by atoms with Crippen LogP contribution in [0.1, 0.15) is 5.56 Å². The van der Waals surface area contributed by atoms with Gasteiger partial charge in [0.1, 0.15) is 5.75 Å². The summed E-state index contributed by atoms with van der Waals surface area (Å²) in [7, 11) is 1.64. The van der Waals surface area contributed by atoms with Crippen molar-refractivity contribution in [3.05, 3.63) is 50.9 Å². The second-order valence-corrected chi connectivity index (χ2v) is 6.59. The lowest BCUT2D eigenvalue weighted by Crippen LogP contribution is -2.19. The normalized spacial score (nSPS) is 10.1. The van der Waals surface area contributed by atoms with E-state index in [1.165, 1.54) is 0 Å². The first-order valence-electron chi connectivity index (χ1n) is 6.17. The molecule has 0 radical (unpaired) electrons. The lowest BCUT2D eigenvalue weighted by molar-refractivity contribution is 0.417. The third-order valence-electron chi connectivity index (χ3n) is 2.78. The van der Waals surface area contributed by atoms with Gasteiger partial charge in [-0.15, -0.1) is 0 Å². The van der Waals surface area contributed by atoms with Crippen molar-refractivity contribution in [2.45, 2.75) is 6.92 Å². The highest BCUT2D eigenvalue weighted by molar-refractivity contribution is 9.11. The first-order chi connectivity index (χ1) is 9.99. The molecule has 2 rings (SSSR count). The van der Waals surface area contributed by atoms with Crippen LogP contribution in [-0.4, -0.2) is 12.2 Å². The first kappa shape index (κ1) is 16.3. The van der Waals surface area contributed by atoms with Gasteiger partial charge in [-0.3, -0.25) is 0 Å². The molecular weight excluding hydrogens is 416 g/mol. The summed E-state index contributed by atoms with van der Waals surface area (Å²) in [6.07, 6.45) is 0. The number of hydrogen-bond acceptors (Lipinski definition) is 2. The van der Waals surface area contributed by atoms with E-state index in [1.54, 1.807) is 7.11 Å². The summed E-state index contributed by atoms with van der Waals surface area (Å²) >= 11 is 12.3. The Morgan fingerprint density at radius 2 is 1.76 bits per heavy atom. The molecule has 0 amide bonds. The van der Waals surface area contributed by atoms with Crippen molar-refractivity contribution in [3.63, 3.8) is 0 Å². The van der Waals surface area contributed by atoms with Crippen molar-refractivity contribution in [1.29, 1.82) is 0 Å². The van der Waals surface area contributed by atoms with Gasteiger partial charge in [-0.1, -0.05) is 22.0 Å². The van der Waals surface area contributed by atoms with Crippen molar-refractivity contribution < 1.29 is 4.74 Å². The summed E-state index contributed by atoms with van der Waals surface area (Å²) in [6, 6.07) is 11.7. The molecule has 0 bridgehead atoms. The van der Waals surface area contributed by atoms with E-state index in [2.05, 4.69) is 42.5 Å². The minimum Gasteiger partial charge on any atom is -0.495 e. The fourth-order valence-corrected chi connectivity index (χ4v) is 3.15. The second-order valence-electron chi connectivity index (χ2n) is 4.41. The fraction of sp³-hybridized carbons (Fsp3) is 0.133. The highest BCUT2D eigenvalue weighted by Crippen LogP contribution is 2.28. The van der Waals surface area contributed by atoms with Crippen molar-refractivity contribution in [1.82, 2.24) is 0 Å². The Kier molecular flexibility index (Phi) is 5.61. The number of rotatable bonds is 3. The van der Waals surface area contributed by atoms with E-state index in [0.717, 1.165) is 31.6 Å². The third-order valence-corrected chi connectivity index (χ3v) is 4.14. The molecule has 0 aliphatic carbocycles. The maximum absolute atomic E-state index is 5.35. The Balaban J connectivity index is 2.13. The van der Waals surface area contributed by atoms with Gasteiger partial charge in [0.05, 0.1) is 18.5 Å². The van der Waals surface area contributed by atoms with Gasteiger partial charge in [0.25, 0.3) is 0 Å². The molecule has 21 heavy (non-hydrogen) atoms. The van der Waals surface area contributed by atoms with Crippen molar-refractivity contribution in [2.75, 3.05) is 17.7 Å². The first-order valence-corrected chi connectivity index (χ1v) is 8.16. The summed E-state index contributed by atoms with van der Waals surface area (Å²) in [5.74, 6) is 0.750. The van der Waals surface area contributed by atoms with Crippen molar-refractivity contribution >= 4 is 60.6 Å². The molecule has 0 aromatic heterocycles. The van der Waals surface area contributed by atoms with Gasteiger partial charge in [-0.25, -0.2) is 0 Å². The quantitative estimate of drug-likeness (QED) is 0.645. The van der Waals surface area contributed by atoms with Gasteiger partial charge < -0.3 is 15.4 Å². The molecule has 0 heterocycles. The summed E-state index contributed by atoms with van der Waals surface area (Å²) in [4.78, 5) is 0. The van der Waals surface area contributed by atoms with Crippen molar-refractivity contribution in [3.8, 4) is 5.75 Å². The zero-order valence-electron chi connectivity index (χ0n) is 11.5. The molecule has 0 spiro atoms. The van der Waals surface area contributed by atoms with Crippen LogP contribution in [0.3, 0.4) is 0 Å². The number of thiocarbonyl (C=S) groups is 1. The minimum absolute atomic E-state index is 0.502. The Morgan fingerprint density at radius 3 is 2.43 bits per heavy atom. The molecule has 2 aromatic rings. The predicted octanol–water partition coefficient (Wildman–Crippen LogP) is 5.34. The van der Waals surface area contributed by atoms with Crippen LogP contribution in [-0.2, 0) is 0 Å². The van der Waals surface area contributed by atoms with Crippen molar-refractivity contribution in [2.24, 2.45) is 0 Å². The van der Waals surface area contributed by atoms with Gasteiger partial charge in [0, 0.05) is 8.95 Å². The second kappa shape index (κ2) is 7.24. The number of hydrogen-bond donors (Lipinski definition) is 2. The maximum atomic E-state index is 5.35. The highest BCUT2D eigenvalue weighted by Gasteiger charge is 2.07. The van der Waals surface area contributed by atoms with Crippen LogP contribution in [0, 0.1) is 6.92 Å². The van der Waals surface area contributed by atoms with E-state index >= 15 is 0 Å². The maximum Gasteiger partial charge on any atom is 0.175 e. The van der Waals surface area contributed by atoms with Gasteiger partial charge >= 0.3 is 0 Å². The van der Waals surface area contributed by atoms with E-state index in [9.17, 15) is 0 Å². The Morgan fingerprint density at radius 1 is 1.05 bits per heavy atom. The standard InChI is InChI=1S/C15H14Br2N2OS/c1-9-3-6-14(20-2)13(7-9)19-15(21)18-12-5-4-10(16)8-11(12)17/h3-8H,1-2H3,(H2,18,19,21). The van der Waals surface area contributed by atoms with E-state index in [1.807, 2.05) is 43.3 Å². The van der Waals surface area contributed by atoms with Crippen LogP contribution in [0.2, 0.25) is 0 Å². The molecule has 0 fully saturated rings. The molecule has 0 saturated heterocycles. The van der Waals surface area contributed by atoms with Crippen LogP contribution < -0.4 is 15.4 Å². The Hall–Kier alpha value is -1.11. The predicted molar refractivity (Wildman–Crippen MR) is 99.4 cm³/mol. The summed E-state index contributed by atoms with van der Waals surface area (Å²) < 4.78 is 7.25. The van der Waals surface area contributed by atoms with Crippen LogP contribution in [0.25, 0.3) is 0 Å². The highest BCUT2D eigenvalue weighted by atomic mass is 79.9. The monoisotopic (exact) mass is 428 g/mol. The van der Waals surface area contributed by atoms with Gasteiger partial charge in [-0.2, -0.15) is 0 Å². The van der Waals surface area contributed by atoms with E-state index < -0.39 is 0 Å². The molecule has 0 atom stereocenters. The van der Waals surface area contributed by atoms with Gasteiger partial charge in [0.2, 0.25) is 0 Å². The zero-order chi connectivity index (χ0) is 15.4. The average molecular weight is 430 g/mol. The number of halogens is 2. The lowest BCUT2D eigenvalue weighted by atomic mass is 10.2.